The van der Waals surface area contributed by atoms with Crippen LogP contribution in [0.2, 0.25) is 0 Å². The van der Waals surface area contributed by atoms with Gasteiger partial charge in [0.2, 0.25) is 5.91 Å². The van der Waals surface area contributed by atoms with E-state index in [1.165, 1.54) is 109 Å². The number of nitrogens with one attached hydrogen (secondary N) is 1. The Labute approximate surface area is 397 Å². The van der Waals surface area contributed by atoms with E-state index in [0.717, 1.165) is 44.9 Å². The number of allylic oxidation sites excluding steroid dienone is 7. The molecule has 384 valence electrons. The summed E-state index contributed by atoms with van der Waals surface area (Å²) in [7, 11) is 0. The fourth-order valence-electron chi connectivity index (χ4n) is 8.25. The number of carbonyl (C=O) groups excluding carboxylic acids is 1. The molecule has 66 heavy (non-hydrogen) atoms. The molecule has 2 fully saturated rings. The standard InChI is InChI=1S/C52H93NO13/c1-3-5-7-8-9-10-11-12-13-14-15-16-17-18-19-20-21-22-23-24-25-26-27-28-29-30-31-32-34-36-44(57)53-40(41(56)35-33-6-4-2)39-63-51-49(62)47(60)50(43(38-55)65-51)66-52-48(61)46(59)45(58)42(37-54)64-52/h11-12,14-15,17-18,33,35,40-43,45-52,54-56,58-62H,3-10,13,16,19-32,34,36-39H2,1-2H3,(H,53,57)/b12-11-,15-14-,18-17-,35-33+. The first-order valence-electron chi connectivity index (χ1n) is 25.9. The summed E-state index contributed by atoms with van der Waals surface area (Å²) >= 11 is 0. The van der Waals surface area contributed by atoms with Crippen molar-refractivity contribution in [3.63, 3.8) is 0 Å². The molecule has 0 bridgehead atoms. The Balaban J connectivity index is 1.57. The number of amides is 1. The van der Waals surface area contributed by atoms with Gasteiger partial charge in [0, 0.05) is 6.42 Å². The van der Waals surface area contributed by atoms with Crippen LogP contribution in [0.3, 0.4) is 0 Å². The quantitative estimate of drug-likeness (QED) is 0.0227. The molecule has 14 nitrogen and oxygen atoms in total. The summed E-state index contributed by atoms with van der Waals surface area (Å²) in [4.78, 5) is 13.0. The molecule has 0 aromatic heterocycles. The van der Waals surface area contributed by atoms with E-state index >= 15 is 0 Å². The smallest absolute Gasteiger partial charge is 0.220 e. The molecular formula is C52H93NO13. The van der Waals surface area contributed by atoms with Gasteiger partial charge in [0.15, 0.2) is 12.6 Å². The van der Waals surface area contributed by atoms with Crippen LogP contribution in [0.5, 0.6) is 0 Å². The normalized spacial score (nSPS) is 27.2. The molecule has 0 radical (unpaired) electrons. The highest BCUT2D eigenvalue weighted by Gasteiger charge is 2.51. The molecule has 9 N–H and O–H groups in total. The van der Waals surface area contributed by atoms with Gasteiger partial charge in [-0.2, -0.15) is 0 Å². The number of rotatable bonds is 39. The summed E-state index contributed by atoms with van der Waals surface area (Å²) in [5, 5.41) is 85.8. The van der Waals surface area contributed by atoms with Gasteiger partial charge in [-0.05, 0) is 51.4 Å². The Morgan fingerprint density at radius 2 is 1.03 bits per heavy atom. The Morgan fingerprint density at radius 1 is 0.545 bits per heavy atom. The van der Waals surface area contributed by atoms with Crippen LogP contribution in [-0.4, -0.2) is 140 Å². The van der Waals surface area contributed by atoms with E-state index in [-0.39, 0.29) is 18.9 Å². The maximum atomic E-state index is 13.0. The second-order valence-corrected chi connectivity index (χ2v) is 18.3. The van der Waals surface area contributed by atoms with E-state index in [1.54, 1.807) is 12.2 Å². The Kier molecular flexibility index (Phi) is 35.3. The average Bonchev–Trinajstić information content (AvgIpc) is 3.31. The van der Waals surface area contributed by atoms with Gasteiger partial charge in [-0.3, -0.25) is 4.79 Å². The summed E-state index contributed by atoms with van der Waals surface area (Å²) in [5.41, 5.74) is 0. The monoisotopic (exact) mass is 940 g/mol. The van der Waals surface area contributed by atoms with E-state index in [1.807, 2.05) is 6.92 Å². The second kappa shape index (κ2) is 38.8. The minimum atomic E-state index is -1.79. The third-order valence-corrected chi connectivity index (χ3v) is 12.5. The minimum absolute atomic E-state index is 0.254. The highest BCUT2D eigenvalue weighted by Crippen LogP contribution is 2.30. The molecule has 2 saturated heterocycles. The van der Waals surface area contributed by atoms with Crippen LogP contribution < -0.4 is 5.32 Å². The van der Waals surface area contributed by atoms with Crippen molar-refractivity contribution in [1.82, 2.24) is 5.32 Å². The summed E-state index contributed by atoms with van der Waals surface area (Å²) in [6.45, 7) is 2.53. The number of unbranched alkanes of at least 4 members (excludes halogenated alkanes) is 20. The first kappa shape index (κ1) is 60.1. The van der Waals surface area contributed by atoms with Crippen LogP contribution in [0.15, 0.2) is 48.6 Å². The van der Waals surface area contributed by atoms with Crippen molar-refractivity contribution in [3.05, 3.63) is 48.6 Å². The molecular weight excluding hydrogens is 847 g/mol. The number of hydrogen-bond acceptors (Lipinski definition) is 13. The van der Waals surface area contributed by atoms with Gasteiger partial charge in [0.05, 0.1) is 32.0 Å². The first-order chi connectivity index (χ1) is 32.1. The summed E-state index contributed by atoms with van der Waals surface area (Å²) in [5.74, 6) is -0.254. The molecule has 2 aliphatic heterocycles. The highest BCUT2D eigenvalue weighted by molar-refractivity contribution is 5.76. The average molecular weight is 940 g/mol. The molecule has 0 aliphatic carbocycles. The van der Waals surface area contributed by atoms with Gasteiger partial charge in [-0.25, -0.2) is 0 Å². The van der Waals surface area contributed by atoms with E-state index in [0.29, 0.717) is 6.42 Å². The lowest BCUT2D eigenvalue weighted by molar-refractivity contribution is -0.359. The molecule has 0 aromatic rings. The van der Waals surface area contributed by atoms with Crippen molar-refractivity contribution >= 4 is 5.91 Å². The van der Waals surface area contributed by atoms with Gasteiger partial charge >= 0.3 is 0 Å². The lowest BCUT2D eigenvalue weighted by atomic mass is 9.97. The van der Waals surface area contributed by atoms with Crippen molar-refractivity contribution in [3.8, 4) is 0 Å². The van der Waals surface area contributed by atoms with Crippen molar-refractivity contribution in [2.24, 2.45) is 0 Å². The van der Waals surface area contributed by atoms with E-state index in [4.69, 9.17) is 18.9 Å². The van der Waals surface area contributed by atoms with Crippen LogP contribution in [0.1, 0.15) is 181 Å². The van der Waals surface area contributed by atoms with Crippen LogP contribution >= 0.6 is 0 Å². The second-order valence-electron chi connectivity index (χ2n) is 18.3. The number of aliphatic hydroxyl groups is 8. The number of carbonyl (C=O) groups is 1. The van der Waals surface area contributed by atoms with E-state index in [2.05, 4.69) is 48.7 Å². The van der Waals surface area contributed by atoms with E-state index < -0.39 is 86.8 Å². The highest BCUT2D eigenvalue weighted by atomic mass is 16.7. The molecule has 1 amide bonds. The predicted octanol–water partition coefficient (Wildman–Crippen LogP) is 6.88. The van der Waals surface area contributed by atoms with Gasteiger partial charge in [-0.15, -0.1) is 0 Å². The maximum Gasteiger partial charge on any atom is 0.220 e. The van der Waals surface area contributed by atoms with Crippen LogP contribution in [0, 0.1) is 0 Å². The first-order valence-corrected chi connectivity index (χ1v) is 25.9. The number of aliphatic hydroxyl groups excluding tert-OH is 8. The zero-order chi connectivity index (χ0) is 48.2. The number of ether oxygens (including phenoxy) is 4. The SMILES string of the molecule is CCC/C=C/C(O)C(COC1OC(CO)C(OC2OC(CO)C(O)C(O)C2O)C(O)C1O)NC(=O)CCCCCCCCCCCCCCCC/C=C\C/C=C\C/C=C\CCCCCCC. The van der Waals surface area contributed by atoms with Gasteiger partial charge in [0.1, 0.15) is 48.8 Å². The Bertz CT molecular complexity index is 1290. The molecule has 12 unspecified atom stereocenters. The van der Waals surface area contributed by atoms with Crippen molar-refractivity contribution in [2.75, 3.05) is 19.8 Å². The fraction of sp³-hybridized carbons (Fsp3) is 0.827. The minimum Gasteiger partial charge on any atom is -0.394 e. The third-order valence-electron chi connectivity index (χ3n) is 12.5. The molecule has 2 aliphatic rings. The van der Waals surface area contributed by atoms with Gasteiger partial charge in [0.25, 0.3) is 0 Å². The molecule has 14 heteroatoms. The Morgan fingerprint density at radius 3 is 1.56 bits per heavy atom. The van der Waals surface area contributed by atoms with Crippen LogP contribution in [0.4, 0.5) is 0 Å². The third kappa shape index (κ3) is 25.5. The lowest BCUT2D eigenvalue weighted by Crippen LogP contribution is -2.65. The number of hydrogen-bond donors (Lipinski definition) is 9. The molecule has 0 aromatic carbocycles. The van der Waals surface area contributed by atoms with Crippen molar-refractivity contribution < 1.29 is 64.6 Å². The molecule has 12 atom stereocenters. The largest absolute Gasteiger partial charge is 0.394 e. The van der Waals surface area contributed by atoms with Crippen molar-refractivity contribution in [1.29, 1.82) is 0 Å². The zero-order valence-electron chi connectivity index (χ0n) is 40.7. The van der Waals surface area contributed by atoms with Crippen molar-refractivity contribution in [2.45, 2.75) is 254 Å². The molecule has 0 spiro atoms. The molecule has 2 heterocycles. The van der Waals surface area contributed by atoms with Crippen LogP contribution in [-0.2, 0) is 23.7 Å². The van der Waals surface area contributed by atoms with E-state index in [9.17, 15) is 45.6 Å². The zero-order valence-corrected chi connectivity index (χ0v) is 40.7. The summed E-state index contributed by atoms with van der Waals surface area (Å²) in [6.07, 6.45) is 30.0. The summed E-state index contributed by atoms with van der Waals surface area (Å²) in [6, 6.07) is -0.910. The lowest BCUT2D eigenvalue weighted by Gasteiger charge is -2.46. The van der Waals surface area contributed by atoms with Crippen LogP contribution in [0.25, 0.3) is 0 Å². The predicted molar refractivity (Wildman–Crippen MR) is 258 cm³/mol. The van der Waals surface area contributed by atoms with Gasteiger partial charge < -0.3 is 65.1 Å². The maximum absolute atomic E-state index is 13.0. The van der Waals surface area contributed by atoms with Gasteiger partial charge in [-0.1, -0.05) is 172 Å². The summed E-state index contributed by atoms with van der Waals surface area (Å²) < 4.78 is 22.5. The fourth-order valence-corrected chi connectivity index (χ4v) is 8.25. The molecule has 2 rings (SSSR count). The molecule has 0 saturated carbocycles. The Hall–Kier alpha value is -2.05. The topological polar surface area (TPSA) is 228 Å².